The quantitative estimate of drug-likeness (QED) is 0.420. The third-order valence-electron chi connectivity index (χ3n) is 7.98. The number of nitrogens with zero attached hydrogens (tertiary/aromatic N) is 1. The number of Topliss-reactive ketones (excluding diaryl/α,β-unsaturated/α-hetero) is 1. The van der Waals surface area contributed by atoms with Crippen molar-refractivity contribution < 1.29 is 28.9 Å². The van der Waals surface area contributed by atoms with Crippen molar-refractivity contribution in [2.45, 2.75) is 96.2 Å². The highest BCUT2D eigenvalue weighted by Gasteiger charge is 2.53. The molecule has 2 aliphatic rings. The SMILES string of the molecule is C#CCC1C(=O)C(C)(C)C(O)CC(=O)NC(C(F)=Cc2ccccn2)CC2OC2(C)CCCC(C)C1O. The number of halogens is 1. The van der Waals surface area contributed by atoms with Gasteiger partial charge >= 0.3 is 0 Å². The van der Waals surface area contributed by atoms with Crippen LogP contribution in [0, 0.1) is 29.6 Å². The molecule has 0 spiro atoms. The molecule has 1 amide bonds. The van der Waals surface area contributed by atoms with Crippen LogP contribution < -0.4 is 5.32 Å². The van der Waals surface area contributed by atoms with E-state index in [0.29, 0.717) is 18.5 Å². The lowest BCUT2D eigenvalue weighted by molar-refractivity contribution is -0.143. The highest BCUT2D eigenvalue weighted by atomic mass is 19.1. The van der Waals surface area contributed by atoms with Gasteiger partial charge in [-0.2, -0.15) is 0 Å². The molecule has 37 heavy (non-hydrogen) atoms. The minimum atomic E-state index is -1.36. The summed E-state index contributed by atoms with van der Waals surface area (Å²) in [5.41, 5.74) is -1.40. The number of aliphatic hydroxyl groups excluding tert-OH is 2. The van der Waals surface area contributed by atoms with Crippen molar-refractivity contribution in [3.63, 3.8) is 0 Å². The molecule has 7 nitrogen and oxygen atoms in total. The van der Waals surface area contributed by atoms with Gasteiger partial charge in [0.15, 0.2) is 0 Å². The molecular weight excluding hydrogens is 475 g/mol. The summed E-state index contributed by atoms with van der Waals surface area (Å²) in [6, 6.07) is 4.15. The van der Waals surface area contributed by atoms with Crippen LogP contribution in [-0.2, 0) is 14.3 Å². The first-order valence-corrected chi connectivity index (χ1v) is 13.0. The van der Waals surface area contributed by atoms with Crippen LogP contribution in [-0.4, -0.2) is 56.8 Å². The number of carbonyl (C=O) groups is 2. The summed E-state index contributed by atoms with van der Waals surface area (Å²) < 4.78 is 21.3. The van der Waals surface area contributed by atoms with Crippen LogP contribution in [0.25, 0.3) is 6.08 Å². The number of fused-ring (bicyclic) bond motifs is 1. The molecule has 0 aromatic carbocycles. The number of carbonyl (C=O) groups excluding carboxylic acids is 2. The van der Waals surface area contributed by atoms with Crippen molar-refractivity contribution in [2.75, 3.05) is 0 Å². The van der Waals surface area contributed by atoms with Crippen LogP contribution in [0.3, 0.4) is 0 Å². The molecule has 0 aliphatic carbocycles. The van der Waals surface area contributed by atoms with E-state index in [2.05, 4.69) is 16.2 Å². The highest BCUT2D eigenvalue weighted by Crippen LogP contribution is 2.44. The number of hydrogen-bond donors (Lipinski definition) is 3. The van der Waals surface area contributed by atoms with Gasteiger partial charge in [-0.25, -0.2) is 4.39 Å². The van der Waals surface area contributed by atoms with E-state index in [0.717, 1.165) is 6.42 Å². The Hall–Kier alpha value is -2.60. The van der Waals surface area contributed by atoms with Crippen molar-refractivity contribution >= 4 is 17.8 Å². The van der Waals surface area contributed by atoms with Gasteiger partial charge in [0.2, 0.25) is 5.91 Å². The Balaban J connectivity index is 1.89. The number of aromatic nitrogens is 1. The lowest BCUT2D eigenvalue weighted by atomic mass is 9.71. The number of pyridine rings is 1. The van der Waals surface area contributed by atoms with E-state index < -0.39 is 59.1 Å². The molecule has 8 heteroatoms. The van der Waals surface area contributed by atoms with E-state index in [1.165, 1.54) is 6.08 Å². The van der Waals surface area contributed by atoms with Gasteiger partial charge in [-0.1, -0.05) is 33.3 Å². The molecule has 1 aromatic heterocycles. The number of nitrogens with one attached hydrogen (secondary N) is 1. The Morgan fingerprint density at radius 3 is 2.70 bits per heavy atom. The molecule has 2 fully saturated rings. The fourth-order valence-corrected chi connectivity index (χ4v) is 5.13. The first-order chi connectivity index (χ1) is 17.4. The van der Waals surface area contributed by atoms with E-state index in [-0.39, 0.29) is 24.9 Å². The maximum absolute atomic E-state index is 15.4. The Morgan fingerprint density at radius 2 is 2.05 bits per heavy atom. The van der Waals surface area contributed by atoms with Crippen LogP contribution in [0.1, 0.15) is 71.9 Å². The fourth-order valence-electron chi connectivity index (χ4n) is 5.13. The zero-order valence-electron chi connectivity index (χ0n) is 22.1. The molecule has 1 aromatic rings. The monoisotopic (exact) mass is 514 g/mol. The Morgan fingerprint density at radius 1 is 1.32 bits per heavy atom. The van der Waals surface area contributed by atoms with Crippen molar-refractivity contribution in [3.05, 3.63) is 35.9 Å². The van der Waals surface area contributed by atoms with E-state index >= 15 is 4.39 Å². The second kappa shape index (κ2) is 11.8. The van der Waals surface area contributed by atoms with Gasteiger partial charge in [0.1, 0.15) is 11.6 Å². The van der Waals surface area contributed by atoms with Crippen LogP contribution in [0.5, 0.6) is 0 Å². The number of epoxide rings is 1. The second-order valence-corrected chi connectivity index (χ2v) is 11.2. The molecule has 0 saturated carbocycles. The lowest BCUT2D eigenvalue weighted by Gasteiger charge is -2.35. The molecule has 3 N–H and O–H groups in total. The molecular formula is C29H39FN2O5. The number of ketones is 1. The van der Waals surface area contributed by atoms with Crippen LogP contribution in [0.2, 0.25) is 0 Å². The number of aliphatic hydroxyl groups is 2. The summed E-state index contributed by atoms with van der Waals surface area (Å²) in [6.07, 6.45) is 7.66. The zero-order valence-corrected chi connectivity index (χ0v) is 22.1. The molecule has 202 valence electrons. The van der Waals surface area contributed by atoms with Crippen molar-refractivity contribution in [1.82, 2.24) is 10.3 Å². The molecule has 2 aliphatic heterocycles. The molecule has 3 rings (SSSR count). The molecule has 0 radical (unpaired) electrons. The van der Waals surface area contributed by atoms with Gasteiger partial charge in [0.05, 0.1) is 53.4 Å². The average Bonchev–Trinajstić information content (AvgIpc) is 3.49. The van der Waals surface area contributed by atoms with E-state index in [4.69, 9.17) is 11.2 Å². The third kappa shape index (κ3) is 7.04. The van der Waals surface area contributed by atoms with E-state index in [9.17, 15) is 19.8 Å². The van der Waals surface area contributed by atoms with Gasteiger partial charge in [-0.15, -0.1) is 12.3 Å². The predicted molar refractivity (Wildman–Crippen MR) is 139 cm³/mol. The van der Waals surface area contributed by atoms with Crippen molar-refractivity contribution in [1.29, 1.82) is 0 Å². The molecule has 7 atom stereocenters. The van der Waals surface area contributed by atoms with Gasteiger partial charge in [0, 0.05) is 19.0 Å². The smallest absolute Gasteiger partial charge is 0.223 e. The standard InChI is InChI=1S/C29H39FN2O5/c1-6-10-20-26(35)18(2)11-9-13-29(5)24(37-29)16-22(21(30)15-19-12-7-8-14-31-19)32-25(34)17-23(33)28(3,4)27(20)36/h1,7-8,12,14-15,18,20,22-24,26,33,35H,9-11,13,16-17H2,2-5H3,(H,32,34). The summed E-state index contributed by atoms with van der Waals surface area (Å²) in [4.78, 5) is 30.5. The average molecular weight is 515 g/mol. The number of rotatable bonds is 3. The van der Waals surface area contributed by atoms with Gasteiger partial charge in [-0.3, -0.25) is 14.6 Å². The van der Waals surface area contributed by atoms with E-state index in [1.807, 2.05) is 13.8 Å². The summed E-state index contributed by atoms with van der Waals surface area (Å²) in [7, 11) is 0. The lowest BCUT2D eigenvalue weighted by Crippen LogP contribution is -2.48. The second-order valence-electron chi connectivity index (χ2n) is 11.2. The van der Waals surface area contributed by atoms with Crippen LogP contribution in [0.4, 0.5) is 4.39 Å². The zero-order chi connectivity index (χ0) is 27.4. The summed E-state index contributed by atoms with van der Waals surface area (Å²) in [5, 5.41) is 24.6. The van der Waals surface area contributed by atoms with Crippen LogP contribution >= 0.6 is 0 Å². The number of terminal acetylenes is 1. The number of ether oxygens (including phenoxy) is 1. The fraction of sp³-hybridized carbons (Fsp3) is 0.621. The van der Waals surface area contributed by atoms with Crippen molar-refractivity contribution in [2.24, 2.45) is 17.3 Å². The normalized spacial score (nSPS) is 35.7. The number of amides is 1. The first-order valence-electron chi connectivity index (χ1n) is 13.0. The maximum atomic E-state index is 15.4. The predicted octanol–water partition coefficient (Wildman–Crippen LogP) is 3.59. The first kappa shape index (κ1) is 29.0. The summed E-state index contributed by atoms with van der Waals surface area (Å²) in [6.45, 7) is 6.92. The van der Waals surface area contributed by atoms with Gasteiger partial charge < -0.3 is 20.3 Å². The highest BCUT2D eigenvalue weighted by molar-refractivity contribution is 5.89. The maximum Gasteiger partial charge on any atom is 0.223 e. The molecule has 3 heterocycles. The Bertz CT molecular complexity index is 1040. The van der Waals surface area contributed by atoms with Crippen LogP contribution in [0.15, 0.2) is 30.2 Å². The third-order valence-corrected chi connectivity index (χ3v) is 7.98. The molecule has 7 unspecified atom stereocenters. The van der Waals surface area contributed by atoms with Gasteiger partial charge in [-0.05, 0) is 43.9 Å². The largest absolute Gasteiger partial charge is 0.392 e. The Kier molecular flexibility index (Phi) is 9.27. The van der Waals surface area contributed by atoms with Crippen molar-refractivity contribution in [3.8, 4) is 12.3 Å². The minimum absolute atomic E-state index is 0.0290. The molecule has 0 bridgehead atoms. The number of hydrogen-bond acceptors (Lipinski definition) is 6. The van der Waals surface area contributed by atoms with E-state index in [1.54, 1.807) is 38.2 Å². The topological polar surface area (TPSA) is 112 Å². The molecule has 2 saturated heterocycles. The Labute approximate surface area is 218 Å². The summed E-state index contributed by atoms with van der Waals surface area (Å²) in [5.74, 6) is -0.162. The van der Waals surface area contributed by atoms with Gasteiger partial charge in [0.25, 0.3) is 0 Å². The minimum Gasteiger partial charge on any atom is -0.392 e. The summed E-state index contributed by atoms with van der Waals surface area (Å²) >= 11 is 0.